The first-order chi connectivity index (χ1) is 11.6. The number of carbonyl (C=O) groups is 1. The lowest BCUT2D eigenvalue weighted by atomic mass is 10.0. The van der Waals surface area contributed by atoms with E-state index >= 15 is 0 Å². The highest BCUT2D eigenvalue weighted by Gasteiger charge is 2.16. The highest BCUT2D eigenvalue weighted by Crippen LogP contribution is 2.31. The van der Waals surface area contributed by atoms with E-state index in [-0.39, 0.29) is 11.9 Å². The number of carbonyl (C=O) groups excluding carboxylic acids is 1. The van der Waals surface area contributed by atoms with E-state index in [2.05, 4.69) is 5.32 Å². The van der Waals surface area contributed by atoms with Crippen molar-refractivity contribution in [1.29, 1.82) is 0 Å². The lowest BCUT2D eigenvalue weighted by Gasteiger charge is -2.19. The molecule has 24 heavy (non-hydrogen) atoms. The number of nitrogens with one attached hydrogen (secondary N) is 1. The van der Waals surface area contributed by atoms with E-state index in [9.17, 15) is 4.79 Å². The first-order valence-electron chi connectivity index (χ1n) is 7.79. The number of ether oxygens (including phenoxy) is 3. The van der Waals surface area contributed by atoms with E-state index in [1.165, 1.54) is 0 Å². The summed E-state index contributed by atoms with van der Waals surface area (Å²) in [7, 11) is 4.77. The predicted molar refractivity (Wildman–Crippen MR) is 93.0 cm³/mol. The Morgan fingerprint density at radius 2 is 1.75 bits per heavy atom. The summed E-state index contributed by atoms with van der Waals surface area (Å²) in [6, 6.07) is 12.6. The SMILES string of the molecule is CCC(NC(=O)c1cccc(OC)c1)c1ccc(OC)c(OC)c1. The molecule has 0 bridgehead atoms. The fourth-order valence-corrected chi connectivity index (χ4v) is 2.50. The first-order valence-corrected chi connectivity index (χ1v) is 7.79. The molecule has 2 aromatic rings. The van der Waals surface area contributed by atoms with Gasteiger partial charge in [0.2, 0.25) is 0 Å². The van der Waals surface area contributed by atoms with Crippen molar-refractivity contribution >= 4 is 5.91 Å². The third-order valence-electron chi connectivity index (χ3n) is 3.86. The lowest BCUT2D eigenvalue weighted by Crippen LogP contribution is -2.28. The molecule has 5 heteroatoms. The van der Waals surface area contributed by atoms with E-state index in [0.717, 1.165) is 12.0 Å². The standard InChI is InChI=1S/C19H23NO4/c1-5-16(13-9-10-17(23-3)18(12-13)24-4)20-19(21)14-7-6-8-15(11-14)22-2/h6-12,16H,5H2,1-4H3,(H,20,21). The van der Waals surface area contributed by atoms with E-state index in [1.807, 2.05) is 31.2 Å². The van der Waals surface area contributed by atoms with Gasteiger partial charge in [0, 0.05) is 5.56 Å². The monoisotopic (exact) mass is 329 g/mol. The summed E-state index contributed by atoms with van der Waals surface area (Å²) in [5.74, 6) is 1.82. The predicted octanol–water partition coefficient (Wildman–Crippen LogP) is 3.59. The molecule has 128 valence electrons. The van der Waals surface area contributed by atoms with Gasteiger partial charge in [0.05, 0.1) is 27.4 Å². The van der Waals surface area contributed by atoms with Crippen molar-refractivity contribution in [1.82, 2.24) is 5.32 Å². The van der Waals surface area contributed by atoms with Gasteiger partial charge in [-0.2, -0.15) is 0 Å². The third-order valence-corrected chi connectivity index (χ3v) is 3.86. The van der Waals surface area contributed by atoms with Crippen LogP contribution in [0.2, 0.25) is 0 Å². The van der Waals surface area contributed by atoms with Crippen LogP contribution >= 0.6 is 0 Å². The van der Waals surface area contributed by atoms with Gasteiger partial charge in [-0.1, -0.05) is 19.1 Å². The fraction of sp³-hybridized carbons (Fsp3) is 0.316. The summed E-state index contributed by atoms with van der Waals surface area (Å²) in [6.45, 7) is 2.02. The summed E-state index contributed by atoms with van der Waals surface area (Å²) in [5, 5.41) is 3.05. The van der Waals surface area contributed by atoms with Gasteiger partial charge in [0.1, 0.15) is 5.75 Å². The normalized spacial score (nSPS) is 11.5. The van der Waals surface area contributed by atoms with E-state index in [4.69, 9.17) is 14.2 Å². The van der Waals surface area contributed by atoms with Crippen LogP contribution in [0, 0.1) is 0 Å². The summed E-state index contributed by atoms with van der Waals surface area (Å²) < 4.78 is 15.8. The molecule has 1 unspecified atom stereocenters. The molecule has 0 spiro atoms. The molecular formula is C19H23NO4. The van der Waals surface area contributed by atoms with Gasteiger partial charge < -0.3 is 19.5 Å². The van der Waals surface area contributed by atoms with Gasteiger partial charge >= 0.3 is 0 Å². The Bertz CT molecular complexity index is 700. The average Bonchev–Trinajstić information content (AvgIpc) is 2.65. The van der Waals surface area contributed by atoms with Crippen molar-refractivity contribution in [3.63, 3.8) is 0 Å². The topological polar surface area (TPSA) is 56.8 Å². The highest BCUT2D eigenvalue weighted by molar-refractivity contribution is 5.94. The first kappa shape index (κ1) is 17.7. The zero-order valence-electron chi connectivity index (χ0n) is 14.5. The zero-order valence-corrected chi connectivity index (χ0v) is 14.5. The molecule has 0 aliphatic rings. The van der Waals surface area contributed by atoms with Crippen molar-refractivity contribution in [3.05, 3.63) is 53.6 Å². The Hall–Kier alpha value is -2.69. The van der Waals surface area contributed by atoms with Gasteiger partial charge in [0.25, 0.3) is 5.91 Å². The average molecular weight is 329 g/mol. The maximum Gasteiger partial charge on any atom is 0.251 e. The molecule has 0 radical (unpaired) electrons. The second kappa shape index (κ2) is 8.24. The van der Waals surface area contributed by atoms with Crippen LogP contribution in [-0.4, -0.2) is 27.2 Å². The summed E-state index contributed by atoms with van der Waals surface area (Å²) in [5.41, 5.74) is 1.53. The van der Waals surface area contributed by atoms with Gasteiger partial charge in [-0.15, -0.1) is 0 Å². The van der Waals surface area contributed by atoms with Gasteiger partial charge in [-0.25, -0.2) is 0 Å². The molecule has 0 fully saturated rings. The Labute approximate surface area is 142 Å². The fourth-order valence-electron chi connectivity index (χ4n) is 2.50. The Morgan fingerprint density at radius 1 is 1.00 bits per heavy atom. The molecule has 0 saturated heterocycles. The third kappa shape index (κ3) is 3.98. The van der Waals surface area contributed by atoms with Crippen molar-refractivity contribution in [2.45, 2.75) is 19.4 Å². The van der Waals surface area contributed by atoms with Crippen LogP contribution in [0.4, 0.5) is 0 Å². The Morgan fingerprint density at radius 3 is 2.38 bits per heavy atom. The zero-order chi connectivity index (χ0) is 17.5. The summed E-state index contributed by atoms with van der Waals surface area (Å²) >= 11 is 0. The van der Waals surface area contributed by atoms with Crippen molar-refractivity contribution < 1.29 is 19.0 Å². The van der Waals surface area contributed by atoms with Crippen LogP contribution in [0.15, 0.2) is 42.5 Å². The second-order valence-electron chi connectivity index (χ2n) is 5.28. The number of rotatable bonds is 7. The minimum Gasteiger partial charge on any atom is -0.497 e. The minimum absolute atomic E-state index is 0.122. The maximum absolute atomic E-state index is 12.5. The molecule has 2 aromatic carbocycles. The molecule has 0 aromatic heterocycles. The molecular weight excluding hydrogens is 306 g/mol. The molecule has 5 nitrogen and oxygen atoms in total. The van der Waals surface area contributed by atoms with Crippen molar-refractivity contribution in [2.75, 3.05) is 21.3 Å². The number of amides is 1. The van der Waals surface area contributed by atoms with Gasteiger partial charge in [-0.3, -0.25) is 4.79 Å². The molecule has 2 rings (SSSR count). The highest BCUT2D eigenvalue weighted by atomic mass is 16.5. The van der Waals surface area contributed by atoms with Crippen LogP contribution in [0.1, 0.15) is 35.3 Å². The summed E-state index contributed by atoms with van der Waals surface area (Å²) in [6.07, 6.45) is 0.755. The number of methoxy groups -OCH3 is 3. The Kier molecular flexibility index (Phi) is 6.07. The van der Waals surface area contributed by atoms with Crippen molar-refractivity contribution in [3.8, 4) is 17.2 Å². The van der Waals surface area contributed by atoms with E-state index in [0.29, 0.717) is 22.8 Å². The quantitative estimate of drug-likeness (QED) is 0.843. The van der Waals surface area contributed by atoms with Crippen LogP contribution in [-0.2, 0) is 0 Å². The smallest absolute Gasteiger partial charge is 0.251 e. The van der Waals surface area contributed by atoms with E-state index < -0.39 is 0 Å². The molecule has 1 amide bonds. The molecule has 0 heterocycles. The number of hydrogen-bond acceptors (Lipinski definition) is 4. The minimum atomic E-state index is -0.143. The number of hydrogen-bond donors (Lipinski definition) is 1. The van der Waals surface area contributed by atoms with Crippen molar-refractivity contribution in [2.24, 2.45) is 0 Å². The number of benzene rings is 2. The van der Waals surface area contributed by atoms with Crippen LogP contribution in [0.25, 0.3) is 0 Å². The Balaban J connectivity index is 2.21. The molecule has 0 aliphatic carbocycles. The van der Waals surface area contributed by atoms with Crippen LogP contribution in [0.3, 0.4) is 0 Å². The van der Waals surface area contributed by atoms with Gasteiger partial charge in [0.15, 0.2) is 11.5 Å². The largest absolute Gasteiger partial charge is 0.497 e. The second-order valence-corrected chi connectivity index (χ2v) is 5.28. The van der Waals surface area contributed by atoms with Gasteiger partial charge in [-0.05, 0) is 42.3 Å². The van der Waals surface area contributed by atoms with Crippen LogP contribution in [0.5, 0.6) is 17.2 Å². The van der Waals surface area contributed by atoms with Crippen LogP contribution < -0.4 is 19.5 Å². The molecule has 1 atom stereocenters. The lowest BCUT2D eigenvalue weighted by molar-refractivity contribution is 0.0935. The molecule has 1 N–H and O–H groups in total. The molecule has 0 saturated carbocycles. The molecule has 0 aliphatic heterocycles. The van der Waals surface area contributed by atoms with E-state index in [1.54, 1.807) is 39.5 Å². The summed E-state index contributed by atoms with van der Waals surface area (Å²) in [4.78, 5) is 12.5. The maximum atomic E-state index is 12.5.